The van der Waals surface area contributed by atoms with Crippen molar-refractivity contribution in [2.45, 2.75) is 38.5 Å². The van der Waals surface area contributed by atoms with E-state index in [2.05, 4.69) is 11.6 Å². The van der Waals surface area contributed by atoms with E-state index in [1.54, 1.807) is 18.2 Å². The van der Waals surface area contributed by atoms with Gasteiger partial charge in [-0.25, -0.2) is 4.68 Å². The van der Waals surface area contributed by atoms with Crippen LogP contribution in [0.4, 0.5) is 5.69 Å². The van der Waals surface area contributed by atoms with Gasteiger partial charge in [-0.05, 0) is 37.8 Å². The SMILES string of the molecule is C=CCN=c1scc(-c2ccc([N+](=O)[O-])cc2)n1N=C1CCCCCC1. The molecule has 1 aromatic heterocycles. The molecule has 0 amide bonds. The van der Waals surface area contributed by atoms with E-state index in [1.165, 1.54) is 54.9 Å². The number of hydrogen-bond acceptors (Lipinski definition) is 5. The van der Waals surface area contributed by atoms with E-state index in [9.17, 15) is 10.1 Å². The second kappa shape index (κ2) is 8.71. The highest BCUT2D eigenvalue weighted by Crippen LogP contribution is 2.24. The molecule has 0 atom stereocenters. The predicted octanol–water partition coefficient (Wildman–Crippen LogP) is 4.77. The third kappa shape index (κ3) is 4.35. The number of hydrogen-bond donors (Lipinski definition) is 0. The van der Waals surface area contributed by atoms with Crippen LogP contribution in [0.25, 0.3) is 11.3 Å². The summed E-state index contributed by atoms with van der Waals surface area (Å²) >= 11 is 1.52. The largest absolute Gasteiger partial charge is 0.269 e. The lowest BCUT2D eigenvalue weighted by atomic mass is 10.1. The fraction of sp³-hybridized carbons (Fsp3) is 0.368. The average Bonchev–Trinajstić information content (AvgIpc) is 2.86. The van der Waals surface area contributed by atoms with Gasteiger partial charge < -0.3 is 0 Å². The Bertz CT molecular complexity index is 868. The summed E-state index contributed by atoms with van der Waals surface area (Å²) in [6.07, 6.45) is 8.67. The highest BCUT2D eigenvalue weighted by atomic mass is 32.1. The number of nitro benzene ring substituents is 1. The first-order valence-corrected chi connectivity index (χ1v) is 9.70. The Kier molecular flexibility index (Phi) is 6.12. The zero-order valence-corrected chi connectivity index (χ0v) is 15.5. The zero-order valence-electron chi connectivity index (χ0n) is 14.6. The number of non-ortho nitro benzene ring substituents is 1. The third-order valence-electron chi connectivity index (χ3n) is 4.34. The van der Waals surface area contributed by atoms with Gasteiger partial charge in [0.25, 0.3) is 5.69 Å². The van der Waals surface area contributed by atoms with E-state index < -0.39 is 0 Å². The molecule has 1 saturated carbocycles. The van der Waals surface area contributed by atoms with Gasteiger partial charge in [-0.2, -0.15) is 5.10 Å². The smallest absolute Gasteiger partial charge is 0.258 e. The number of nitro groups is 1. The van der Waals surface area contributed by atoms with Gasteiger partial charge in [0, 0.05) is 28.8 Å². The molecule has 0 aliphatic heterocycles. The number of benzene rings is 1. The van der Waals surface area contributed by atoms with Gasteiger partial charge in [0.1, 0.15) is 0 Å². The first-order valence-electron chi connectivity index (χ1n) is 8.82. The summed E-state index contributed by atoms with van der Waals surface area (Å²) in [5.41, 5.74) is 3.08. The van der Waals surface area contributed by atoms with Gasteiger partial charge in [0.05, 0.1) is 17.2 Å². The Morgan fingerprint density at radius 2 is 1.88 bits per heavy atom. The van der Waals surface area contributed by atoms with E-state index in [-0.39, 0.29) is 10.6 Å². The Hall–Kier alpha value is -2.54. The van der Waals surface area contributed by atoms with Crippen molar-refractivity contribution in [1.82, 2.24) is 4.68 Å². The molecule has 1 fully saturated rings. The molecule has 1 aromatic carbocycles. The monoisotopic (exact) mass is 370 g/mol. The van der Waals surface area contributed by atoms with Crippen LogP contribution in [0, 0.1) is 10.1 Å². The zero-order chi connectivity index (χ0) is 18.4. The van der Waals surface area contributed by atoms with Gasteiger partial charge in [-0.3, -0.25) is 15.1 Å². The van der Waals surface area contributed by atoms with E-state index in [4.69, 9.17) is 5.10 Å². The van der Waals surface area contributed by atoms with Gasteiger partial charge in [-0.1, -0.05) is 18.9 Å². The van der Waals surface area contributed by atoms with Crippen LogP contribution in [-0.4, -0.2) is 21.9 Å². The lowest BCUT2D eigenvalue weighted by Gasteiger charge is -2.07. The van der Waals surface area contributed by atoms with Crippen molar-refractivity contribution in [3.05, 3.63) is 57.2 Å². The minimum atomic E-state index is -0.387. The molecule has 0 bridgehead atoms. The van der Waals surface area contributed by atoms with Crippen LogP contribution >= 0.6 is 11.3 Å². The molecule has 1 aliphatic carbocycles. The normalized spacial score (nSPS) is 15.5. The fourth-order valence-electron chi connectivity index (χ4n) is 2.98. The molecule has 3 rings (SSSR count). The minimum absolute atomic E-state index is 0.0854. The van der Waals surface area contributed by atoms with Gasteiger partial charge >= 0.3 is 0 Å². The van der Waals surface area contributed by atoms with Crippen molar-refractivity contribution < 1.29 is 4.92 Å². The summed E-state index contributed by atoms with van der Waals surface area (Å²) in [5, 5.41) is 17.8. The Morgan fingerprint density at radius 3 is 2.50 bits per heavy atom. The maximum Gasteiger partial charge on any atom is 0.269 e. The van der Waals surface area contributed by atoms with Crippen LogP contribution in [0.3, 0.4) is 0 Å². The number of aromatic nitrogens is 1. The van der Waals surface area contributed by atoms with Crippen LogP contribution in [0.5, 0.6) is 0 Å². The van der Waals surface area contributed by atoms with E-state index in [0.717, 1.165) is 28.9 Å². The molecule has 0 unspecified atom stereocenters. The van der Waals surface area contributed by atoms with Gasteiger partial charge in [-0.15, -0.1) is 17.9 Å². The molecule has 7 heteroatoms. The molecular formula is C19H22N4O2S. The first-order chi connectivity index (χ1) is 12.7. The van der Waals surface area contributed by atoms with Crippen LogP contribution in [0.2, 0.25) is 0 Å². The second-order valence-electron chi connectivity index (χ2n) is 6.23. The highest BCUT2D eigenvalue weighted by molar-refractivity contribution is 7.07. The number of nitrogens with zero attached hydrogens (tertiary/aromatic N) is 4. The molecule has 0 radical (unpaired) electrons. The first kappa shape index (κ1) is 18.3. The number of thiazole rings is 1. The van der Waals surface area contributed by atoms with Crippen LogP contribution < -0.4 is 4.80 Å². The van der Waals surface area contributed by atoms with Crippen molar-refractivity contribution >= 4 is 22.7 Å². The van der Waals surface area contributed by atoms with E-state index >= 15 is 0 Å². The quantitative estimate of drug-likeness (QED) is 0.329. The van der Waals surface area contributed by atoms with Gasteiger partial charge in [0.2, 0.25) is 4.80 Å². The Labute approximate surface area is 156 Å². The maximum atomic E-state index is 10.9. The summed E-state index contributed by atoms with van der Waals surface area (Å²) in [4.78, 5) is 15.9. The summed E-state index contributed by atoms with van der Waals surface area (Å²) in [7, 11) is 0. The molecule has 6 nitrogen and oxygen atoms in total. The average molecular weight is 370 g/mol. The molecular weight excluding hydrogens is 348 g/mol. The third-order valence-corrected chi connectivity index (χ3v) is 5.19. The molecule has 0 saturated heterocycles. The lowest BCUT2D eigenvalue weighted by Crippen LogP contribution is -2.15. The molecule has 0 N–H and O–H groups in total. The van der Waals surface area contributed by atoms with Crippen molar-refractivity contribution in [2.24, 2.45) is 10.1 Å². The van der Waals surface area contributed by atoms with Crippen molar-refractivity contribution in [3.63, 3.8) is 0 Å². The molecule has 136 valence electrons. The van der Waals surface area contributed by atoms with Crippen LogP contribution in [-0.2, 0) is 0 Å². The summed E-state index contributed by atoms with van der Waals surface area (Å²) in [5.74, 6) is 0. The molecule has 26 heavy (non-hydrogen) atoms. The van der Waals surface area contributed by atoms with Crippen LogP contribution in [0.1, 0.15) is 38.5 Å². The highest BCUT2D eigenvalue weighted by Gasteiger charge is 2.12. The van der Waals surface area contributed by atoms with Crippen molar-refractivity contribution in [1.29, 1.82) is 0 Å². The van der Waals surface area contributed by atoms with Crippen LogP contribution in [0.15, 0.2) is 52.4 Å². The molecule has 1 aliphatic rings. The minimum Gasteiger partial charge on any atom is -0.258 e. The standard InChI is InChI=1S/C19H22N4O2S/c1-2-13-20-19-22(21-16-7-5-3-4-6-8-16)18(14-26-19)15-9-11-17(12-10-15)23(24)25/h2,9-12,14H,1,3-8,13H2. The summed E-state index contributed by atoms with van der Waals surface area (Å²) in [6.45, 7) is 4.26. The Morgan fingerprint density at radius 1 is 1.19 bits per heavy atom. The maximum absolute atomic E-state index is 10.9. The predicted molar refractivity (Wildman–Crippen MR) is 106 cm³/mol. The second-order valence-corrected chi connectivity index (χ2v) is 7.07. The fourth-order valence-corrected chi connectivity index (χ4v) is 3.82. The summed E-state index contributed by atoms with van der Waals surface area (Å²) in [6, 6.07) is 6.58. The van der Waals surface area contributed by atoms with Crippen molar-refractivity contribution in [3.8, 4) is 11.3 Å². The topological polar surface area (TPSA) is 72.8 Å². The van der Waals surface area contributed by atoms with E-state index in [0.29, 0.717) is 6.54 Å². The van der Waals surface area contributed by atoms with E-state index in [1.807, 2.05) is 10.1 Å². The molecule has 0 spiro atoms. The summed E-state index contributed by atoms with van der Waals surface area (Å²) < 4.78 is 1.88. The molecule has 1 heterocycles. The van der Waals surface area contributed by atoms with Crippen molar-refractivity contribution in [2.75, 3.05) is 6.54 Å². The number of rotatable bonds is 5. The molecule has 2 aromatic rings. The van der Waals surface area contributed by atoms with Gasteiger partial charge in [0.15, 0.2) is 0 Å². The Balaban J connectivity index is 2.04. The lowest BCUT2D eigenvalue weighted by molar-refractivity contribution is -0.384.